The van der Waals surface area contributed by atoms with E-state index >= 15 is 0 Å². The van der Waals surface area contributed by atoms with E-state index in [0.717, 1.165) is 21.4 Å². The normalized spacial score (nSPS) is 16.2. The summed E-state index contributed by atoms with van der Waals surface area (Å²) in [4.78, 5) is 17.7. The number of hydrogen-bond acceptors (Lipinski definition) is 2. The molecule has 2 aromatic carbocycles. The summed E-state index contributed by atoms with van der Waals surface area (Å²) in [6, 6.07) is 19.6. The second kappa shape index (κ2) is 6.45. The van der Waals surface area contributed by atoms with E-state index in [1.54, 1.807) is 0 Å². The number of hydrogen-bond donors (Lipinski definition) is 0. The van der Waals surface area contributed by atoms with Crippen molar-refractivity contribution >= 4 is 27.4 Å². The summed E-state index contributed by atoms with van der Waals surface area (Å²) in [5.74, 6) is 0.0941. The van der Waals surface area contributed by atoms with Crippen molar-refractivity contribution < 1.29 is 4.79 Å². The van der Waals surface area contributed by atoms with Gasteiger partial charge in [-0.1, -0.05) is 57.9 Å². The Morgan fingerprint density at radius 1 is 1.08 bits per heavy atom. The fraction of sp³-hybridized carbons (Fsp3) is 0.143. The van der Waals surface area contributed by atoms with E-state index in [9.17, 15) is 4.79 Å². The minimum Gasteiger partial charge on any atom is -0.333 e. The average molecular weight is 393 g/mol. The van der Waals surface area contributed by atoms with E-state index < -0.39 is 0 Å². The van der Waals surface area contributed by atoms with Crippen molar-refractivity contribution in [3.05, 3.63) is 93.7 Å². The summed E-state index contributed by atoms with van der Waals surface area (Å²) >= 11 is 3.41. The summed E-state index contributed by atoms with van der Waals surface area (Å²) in [6.45, 7) is 2.53. The molecule has 0 amide bonds. The van der Waals surface area contributed by atoms with E-state index in [-0.39, 0.29) is 11.8 Å². The highest BCUT2D eigenvalue weighted by Gasteiger charge is 2.28. The second-order valence-electron chi connectivity index (χ2n) is 6.24. The molecule has 4 rings (SSSR count). The van der Waals surface area contributed by atoms with Crippen LogP contribution in [-0.2, 0) is 0 Å². The average Bonchev–Trinajstić information content (AvgIpc) is 3.11. The van der Waals surface area contributed by atoms with Crippen LogP contribution in [0.25, 0.3) is 0 Å². The first-order chi connectivity index (χ1) is 12.1. The van der Waals surface area contributed by atoms with Crippen molar-refractivity contribution in [3.8, 4) is 0 Å². The molecule has 0 saturated heterocycles. The van der Waals surface area contributed by atoms with Gasteiger partial charge in [-0.15, -0.1) is 0 Å². The van der Waals surface area contributed by atoms with E-state index in [1.165, 1.54) is 5.56 Å². The number of carbonyl (C=O) groups excluding carboxylic acids is 1. The van der Waals surface area contributed by atoms with E-state index in [2.05, 4.69) is 47.1 Å². The Balaban J connectivity index is 1.70. The zero-order valence-electron chi connectivity index (χ0n) is 13.8. The van der Waals surface area contributed by atoms with Gasteiger partial charge in [0.15, 0.2) is 5.78 Å². The SMILES string of the molecule is Cc1ccc(C2=NCC(C(=O)c3ccc(Br)cc3)n3cccc32)cc1. The van der Waals surface area contributed by atoms with Gasteiger partial charge in [0.25, 0.3) is 0 Å². The molecule has 3 nitrogen and oxygen atoms in total. The summed E-state index contributed by atoms with van der Waals surface area (Å²) < 4.78 is 3.01. The number of rotatable bonds is 3. The number of aryl methyl sites for hydroxylation is 1. The van der Waals surface area contributed by atoms with Gasteiger partial charge in [0, 0.05) is 21.8 Å². The molecule has 0 aliphatic carbocycles. The number of ketones is 1. The van der Waals surface area contributed by atoms with Crippen molar-refractivity contribution in [2.45, 2.75) is 13.0 Å². The minimum atomic E-state index is -0.291. The molecule has 0 fully saturated rings. The first-order valence-electron chi connectivity index (χ1n) is 8.22. The molecule has 1 aliphatic rings. The van der Waals surface area contributed by atoms with Crippen molar-refractivity contribution in [2.24, 2.45) is 4.99 Å². The molecular weight excluding hydrogens is 376 g/mol. The van der Waals surface area contributed by atoms with Crippen molar-refractivity contribution in [1.29, 1.82) is 0 Å². The molecule has 1 aliphatic heterocycles. The van der Waals surface area contributed by atoms with Crippen LogP contribution in [0.1, 0.15) is 33.2 Å². The lowest BCUT2D eigenvalue weighted by molar-refractivity contribution is 0.0928. The Bertz CT molecular complexity index is 952. The Morgan fingerprint density at radius 3 is 2.52 bits per heavy atom. The largest absolute Gasteiger partial charge is 0.333 e. The molecule has 0 bridgehead atoms. The molecule has 1 atom stereocenters. The van der Waals surface area contributed by atoms with Gasteiger partial charge < -0.3 is 4.57 Å². The molecule has 124 valence electrons. The first kappa shape index (κ1) is 16.0. The highest BCUT2D eigenvalue weighted by Crippen LogP contribution is 2.26. The van der Waals surface area contributed by atoms with Crippen LogP contribution in [0.4, 0.5) is 0 Å². The number of nitrogens with zero attached hydrogens (tertiary/aromatic N) is 2. The molecule has 1 aromatic heterocycles. The van der Waals surface area contributed by atoms with Gasteiger partial charge in [-0.2, -0.15) is 0 Å². The van der Waals surface area contributed by atoms with Crippen molar-refractivity contribution in [2.75, 3.05) is 6.54 Å². The maximum absolute atomic E-state index is 13.0. The Kier molecular flexibility index (Phi) is 4.14. The van der Waals surface area contributed by atoms with Crippen LogP contribution in [0.5, 0.6) is 0 Å². The fourth-order valence-corrected chi connectivity index (χ4v) is 3.44. The third-order valence-corrected chi connectivity index (χ3v) is 5.06. The van der Waals surface area contributed by atoms with E-state index in [1.807, 2.05) is 47.2 Å². The molecular formula is C21H17BrN2O. The smallest absolute Gasteiger partial charge is 0.187 e. The van der Waals surface area contributed by atoms with Crippen LogP contribution in [0.3, 0.4) is 0 Å². The zero-order valence-corrected chi connectivity index (χ0v) is 15.4. The molecule has 0 spiro atoms. The lowest BCUT2D eigenvalue weighted by Crippen LogP contribution is -2.29. The van der Waals surface area contributed by atoms with Crippen LogP contribution in [0.15, 0.2) is 76.3 Å². The number of carbonyl (C=O) groups is 1. The van der Waals surface area contributed by atoms with Gasteiger partial charge in [-0.05, 0) is 31.2 Å². The Labute approximate surface area is 155 Å². The molecule has 4 heteroatoms. The highest BCUT2D eigenvalue weighted by atomic mass is 79.9. The summed E-state index contributed by atoms with van der Waals surface area (Å²) in [5, 5.41) is 0. The number of aliphatic imine (C=N–C) groups is 1. The predicted molar refractivity (Wildman–Crippen MR) is 104 cm³/mol. The second-order valence-corrected chi connectivity index (χ2v) is 7.16. The standard InChI is InChI=1S/C21H17BrN2O/c1-14-4-6-15(7-5-14)20-18-3-2-12-24(18)19(13-23-20)21(25)16-8-10-17(22)11-9-16/h2-12,19H,13H2,1H3. The third-order valence-electron chi connectivity index (χ3n) is 4.54. The fourth-order valence-electron chi connectivity index (χ4n) is 3.18. The maximum Gasteiger partial charge on any atom is 0.187 e. The maximum atomic E-state index is 13.0. The van der Waals surface area contributed by atoms with E-state index in [4.69, 9.17) is 4.99 Å². The highest BCUT2D eigenvalue weighted by molar-refractivity contribution is 9.10. The van der Waals surface area contributed by atoms with Crippen molar-refractivity contribution in [1.82, 2.24) is 4.57 Å². The van der Waals surface area contributed by atoms with Crippen molar-refractivity contribution in [3.63, 3.8) is 0 Å². The summed E-state index contributed by atoms with van der Waals surface area (Å²) in [6.07, 6.45) is 1.97. The van der Waals surface area contributed by atoms with Crippen LogP contribution >= 0.6 is 15.9 Å². The zero-order chi connectivity index (χ0) is 17.4. The number of benzene rings is 2. The lowest BCUT2D eigenvalue weighted by Gasteiger charge is -2.25. The lowest BCUT2D eigenvalue weighted by atomic mass is 9.99. The third kappa shape index (κ3) is 2.98. The van der Waals surface area contributed by atoms with Gasteiger partial charge in [0.05, 0.1) is 18.0 Å². The molecule has 1 unspecified atom stereocenters. The van der Waals surface area contributed by atoms with Crippen LogP contribution in [0.2, 0.25) is 0 Å². The molecule has 0 N–H and O–H groups in total. The van der Waals surface area contributed by atoms with Gasteiger partial charge in [0.2, 0.25) is 0 Å². The Morgan fingerprint density at radius 2 is 1.80 bits per heavy atom. The predicted octanol–water partition coefficient (Wildman–Crippen LogP) is 4.83. The molecule has 0 saturated carbocycles. The van der Waals surface area contributed by atoms with Crippen LogP contribution in [0, 0.1) is 6.92 Å². The Hall–Kier alpha value is -2.46. The van der Waals surface area contributed by atoms with E-state index in [0.29, 0.717) is 12.1 Å². The molecule has 25 heavy (non-hydrogen) atoms. The van der Waals surface area contributed by atoms with Crippen LogP contribution in [-0.4, -0.2) is 22.6 Å². The number of aromatic nitrogens is 1. The van der Waals surface area contributed by atoms with Gasteiger partial charge in [-0.25, -0.2) is 0 Å². The van der Waals surface area contributed by atoms with Gasteiger partial charge in [0.1, 0.15) is 6.04 Å². The summed E-state index contributed by atoms with van der Waals surface area (Å²) in [7, 11) is 0. The molecule has 2 heterocycles. The van der Waals surface area contributed by atoms with Gasteiger partial charge in [-0.3, -0.25) is 9.79 Å². The number of halogens is 1. The van der Waals surface area contributed by atoms with Crippen LogP contribution < -0.4 is 0 Å². The molecule has 3 aromatic rings. The monoisotopic (exact) mass is 392 g/mol. The number of Topliss-reactive ketones (excluding diaryl/α,β-unsaturated/α-hetero) is 1. The minimum absolute atomic E-state index is 0.0941. The first-order valence-corrected chi connectivity index (χ1v) is 9.01. The number of fused-ring (bicyclic) bond motifs is 1. The quantitative estimate of drug-likeness (QED) is 0.587. The topological polar surface area (TPSA) is 34.4 Å². The molecule has 0 radical (unpaired) electrons. The van der Waals surface area contributed by atoms with Gasteiger partial charge >= 0.3 is 0 Å². The summed E-state index contributed by atoms with van der Waals surface area (Å²) in [5.41, 5.74) is 4.95.